The Bertz CT molecular complexity index is 804. The van der Waals surface area contributed by atoms with E-state index >= 15 is 0 Å². The second kappa shape index (κ2) is 8.09. The molecule has 0 saturated carbocycles. The molecule has 0 bridgehead atoms. The quantitative estimate of drug-likeness (QED) is 0.748. The van der Waals surface area contributed by atoms with Crippen molar-refractivity contribution >= 4 is 45.7 Å². The maximum Gasteiger partial charge on any atom is 0.311 e. The van der Waals surface area contributed by atoms with Crippen molar-refractivity contribution in [2.24, 2.45) is 5.73 Å². The summed E-state index contributed by atoms with van der Waals surface area (Å²) in [6, 6.07) is 5.51. The Morgan fingerprint density at radius 2 is 2.08 bits per heavy atom. The first-order valence-corrected chi connectivity index (χ1v) is 8.36. The first-order chi connectivity index (χ1) is 11.8. The van der Waals surface area contributed by atoms with Crippen LogP contribution in [0.15, 0.2) is 29.6 Å². The van der Waals surface area contributed by atoms with Gasteiger partial charge in [-0.15, -0.1) is 11.3 Å². The fraction of sp³-hybridized carbons (Fsp3) is 0.188. The van der Waals surface area contributed by atoms with E-state index in [9.17, 15) is 18.8 Å². The summed E-state index contributed by atoms with van der Waals surface area (Å²) in [7, 11) is 0. The van der Waals surface area contributed by atoms with E-state index in [1.54, 1.807) is 5.38 Å². The number of amides is 2. The molecule has 0 saturated heterocycles. The summed E-state index contributed by atoms with van der Waals surface area (Å²) in [6.45, 7) is 1.35. The number of hydrogen-bond donors (Lipinski definition) is 2. The second-order valence-electron chi connectivity index (χ2n) is 5.03. The minimum Gasteiger partial charge on any atom is -0.452 e. The van der Waals surface area contributed by atoms with Gasteiger partial charge in [0.1, 0.15) is 10.8 Å². The Morgan fingerprint density at radius 1 is 1.36 bits per heavy atom. The van der Waals surface area contributed by atoms with Crippen LogP contribution in [0, 0.1) is 5.82 Å². The monoisotopic (exact) mass is 384 g/mol. The van der Waals surface area contributed by atoms with Crippen molar-refractivity contribution in [3.63, 3.8) is 0 Å². The van der Waals surface area contributed by atoms with Gasteiger partial charge in [-0.25, -0.2) is 4.39 Å². The Hall–Kier alpha value is -2.45. The van der Waals surface area contributed by atoms with Crippen molar-refractivity contribution in [2.75, 3.05) is 5.32 Å². The number of primary amides is 1. The van der Waals surface area contributed by atoms with E-state index in [4.69, 9.17) is 22.1 Å². The second-order valence-corrected chi connectivity index (χ2v) is 6.35. The zero-order chi connectivity index (χ0) is 18.6. The number of carbonyl (C=O) groups is 3. The van der Waals surface area contributed by atoms with Crippen LogP contribution in [-0.4, -0.2) is 23.9 Å². The third-order valence-electron chi connectivity index (χ3n) is 3.23. The largest absolute Gasteiger partial charge is 0.452 e. The van der Waals surface area contributed by atoms with Gasteiger partial charge in [-0.2, -0.15) is 0 Å². The van der Waals surface area contributed by atoms with Crippen LogP contribution in [0.4, 0.5) is 9.39 Å². The molecule has 25 heavy (non-hydrogen) atoms. The Labute approximate surface area is 151 Å². The summed E-state index contributed by atoms with van der Waals surface area (Å²) < 4.78 is 18.7. The first-order valence-electron chi connectivity index (χ1n) is 7.10. The van der Waals surface area contributed by atoms with Crippen molar-refractivity contribution < 1.29 is 23.5 Å². The minimum atomic E-state index is -1.15. The van der Waals surface area contributed by atoms with Crippen molar-refractivity contribution in [3.8, 4) is 0 Å². The lowest BCUT2D eigenvalue weighted by molar-refractivity contribution is -0.152. The number of halogens is 2. The average Bonchev–Trinajstić information content (AvgIpc) is 2.99. The number of benzene rings is 1. The number of anilines is 1. The molecule has 6 nitrogen and oxygen atoms in total. The van der Waals surface area contributed by atoms with Gasteiger partial charge in [0.2, 0.25) is 0 Å². The van der Waals surface area contributed by atoms with Crippen molar-refractivity contribution in [1.82, 2.24) is 0 Å². The Balaban J connectivity index is 1.97. The number of thiophene rings is 1. The summed E-state index contributed by atoms with van der Waals surface area (Å²) >= 11 is 6.95. The van der Waals surface area contributed by atoms with E-state index in [0.29, 0.717) is 0 Å². The SMILES string of the molecule is CC(OC(=O)Cc1c(F)cccc1Cl)C(=O)Nc1sccc1C(N)=O. The molecule has 1 unspecified atom stereocenters. The zero-order valence-corrected chi connectivity index (χ0v) is 14.6. The summed E-state index contributed by atoms with van der Waals surface area (Å²) in [5.74, 6) is -2.77. The van der Waals surface area contributed by atoms with Crippen LogP contribution in [-0.2, 0) is 20.7 Å². The van der Waals surface area contributed by atoms with E-state index in [-0.39, 0.29) is 21.2 Å². The Kier molecular flexibility index (Phi) is 6.11. The third-order valence-corrected chi connectivity index (χ3v) is 4.41. The van der Waals surface area contributed by atoms with Crippen molar-refractivity contribution in [3.05, 3.63) is 51.6 Å². The molecule has 3 N–H and O–H groups in total. The molecule has 0 fully saturated rings. The standard InChI is InChI=1S/C16H14ClFN2O4S/c1-8(15(23)20-16-9(14(19)22)5-6-25-16)24-13(21)7-10-11(17)3-2-4-12(10)18/h2-6,8H,7H2,1H3,(H2,19,22)(H,20,23). The minimum absolute atomic E-state index is 0.00366. The number of nitrogens with one attached hydrogen (secondary N) is 1. The van der Waals surface area contributed by atoms with Gasteiger partial charge >= 0.3 is 5.97 Å². The van der Waals surface area contributed by atoms with Crippen LogP contribution < -0.4 is 11.1 Å². The Morgan fingerprint density at radius 3 is 2.72 bits per heavy atom. The summed E-state index contributed by atoms with van der Waals surface area (Å²) in [4.78, 5) is 35.2. The van der Waals surface area contributed by atoms with Gasteiger partial charge in [0, 0.05) is 10.6 Å². The third kappa shape index (κ3) is 4.77. The van der Waals surface area contributed by atoms with Crippen LogP contribution in [0.3, 0.4) is 0 Å². The van der Waals surface area contributed by atoms with Gasteiger partial charge < -0.3 is 15.8 Å². The lowest BCUT2D eigenvalue weighted by Gasteiger charge is -2.14. The van der Waals surface area contributed by atoms with Gasteiger partial charge in [-0.1, -0.05) is 17.7 Å². The summed E-state index contributed by atoms with van der Waals surface area (Å²) in [5.41, 5.74) is 5.35. The maximum absolute atomic E-state index is 13.7. The van der Waals surface area contributed by atoms with E-state index in [0.717, 1.165) is 11.3 Å². The highest BCUT2D eigenvalue weighted by atomic mass is 35.5. The predicted molar refractivity (Wildman–Crippen MR) is 92.1 cm³/mol. The number of nitrogens with two attached hydrogens (primary N) is 1. The number of rotatable bonds is 6. The molecule has 132 valence electrons. The highest BCUT2D eigenvalue weighted by molar-refractivity contribution is 7.14. The maximum atomic E-state index is 13.7. The molecular weight excluding hydrogens is 371 g/mol. The molecule has 0 radical (unpaired) electrons. The molecule has 2 amide bonds. The predicted octanol–water partition coefficient (Wildman–Crippen LogP) is 2.75. The van der Waals surface area contributed by atoms with Crippen LogP contribution in [0.2, 0.25) is 5.02 Å². The van der Waals surface area contributed by atoms with Crippen LogP contribution in [0.25, 0.3) is 0 Å². The van der Waals surface area contributed by atoms with Gasteiger partial charge in [0.15, 0.2) is 6.10 Å². The van der Waals surface area contributed by atoms with Crippen LogP contribution in [0.1, 0.15) is 22.8 Å². The fourth-order valence-corrected chi connectivity index (χ4v) is 2.98. The molecule has 2 aromatic rings. The number of esters is 1. The lowest BCUT2D eigenvalue weighted by Crippen LogP contribution is -2.31. The molecule has 1 aromatic carbocycles. The van der Waals surface area contributed by atoms with Gasteiger partial charge in [-0.05, 0) is 30.5 Å². The molecule has 2 rings (SSSR count). The van der Waals surface area contributed by atoms with Crippen LogP contribution in [0.5, 0.6) is 0 Å². The fourth-order valence-electron chi connectivity index (χ4n) is 1.95. The molecule has 0 aliphatic carbocycles. The van der Waals surface area contributed by atoms with Gasteiger partial charge in [-0.3, -0.25) is 14.4 Å². The van der Waals surface area contributed by atoms with E-state index in [2.05, 4.69) is 5.32 Å². The topological polar surface area (TPSA) is 98.5 Å². The normalized spacial score (nSPS) is 11.6. The van der Waals surface area contributed by atoms with Gasteiger partial charge in [0.25, 0.3) is 11.8 Å². The molecular formula is C16H14ClFN2O4S. The zero-order valence-electron chi connectivity index (χ0n) is 13.0. The van der Waals surface area contributed by atoms with Crippen molar-refractivity contribution in [2.45, 2.75) is 19.4 Å². The molecule has 1 atom stereocenters. The number of ether oxygens (including phenoxy) is 1. The summed E-state index contributed by atoms with van der Waals surface area (Å²) in [5, 5.41) is 4.41. The van der Waals surface area contributed by atoms with Gasteiger partial charge in [0.05, 0.1) is 12.0 Å². The number of carbonyl (C=O) groups excluding carboxylic acids is 3. The highest BCUT2D eigenvalue weighted by Gasteiger charge is 2.22. The molecule has 1 aromatic heterocycles. The van der Waals surface area contributed by atoms with E-state index in [1.807, 2.05) is 0 Å². The molecule has 9 heteroatoms. The van der Waals surface area contributed by atoms with Crippen LogP contribution >= 0.6 is 22.9 Å². The van der Waals surface area contributed by atoms with Crippen molar-refractivity contribution in [1.29, 1.82) is 0 Å². The van der Waals surface area contributed by atoms with E-state index in [1.165, 1.54) is 31.2 Å². The average molecular weight is 385 g/mol. The molecule has 1 heterocycles. The molecule has 0 aliphatic heterocycles. The first kappa shape index (κ1) is 18.9. The molecule has 0 spiro atoms. The smallest absolute Gasteiger partial charge is 0.311 e. The van der Waals surface area contributed by atoms with E-state index < -0.39 is 36.1 Å². The lowest BCUT2D eigenvalue weighted by atomic mass is 10.1. The highest BCUT2D eigenvalue weighted by Crippen LogP contribution is 2.23. The molecule has 0 aliphatic rings. The summed E-state index contributed by atoms with van der Waals surface area (Å²) in [6.07, 6.45) is -1.56. The number of hydrogen-bond acceptors (Lipinski definition) is 5.